The SMILES string of the molecule is [2H]C([2H])([2H])N(C([2H])([2H])[2H])C(C([2H])([2H])[2H])(C([2H])([2H])[2H])C([2H])([2H])n1ccc2cc(S(=O)(=O)C3CC3)ccc21. The van der Waals surface area contributed by atoms with Gasteiger partial charge < -0.3 is 9.47 Å². The second-order valence-corrected chi connectivity index (χ2v) is 7.54. The molecule has 1 aliphatic carbocycles. The number of benzene rings is 1. The Balaban J connectivity index is 2.39. The molecular formula is C17H24N2O2S. The van der Waals surface area contributed by atoms with Crippen LogP contribution in [0.4, 0.5) is 0 Å². The van der Waals surface area contributed by atoms with Crippen LogP contribution in [0.3, 0.4) is 0 Å². The van der Waals surface area contributed by atoms with Crippen molar-refractivity contribution in [1.29, 1.82) is 0 Å². The van der Waals surface area contributed by atoms with E-state index >= 15 is 0 Å². The van der Waals surface area contributed by atoms with Crippen LogP contribution in [0.5, 0.6) is 0 Å². The van der Waals surface area contributed by atoms with Crippen LogP contribution in [-0.4, -0.2) is 42.6 Å². The quantitative estimate of drug-likeness (QED) is 0.844. The first-order valence-electron chi connectivity index (χ1n) is 13.6. The summed E-state index contributed by atoms with van der Waals surface area (Å²) in [6, 6.07) is 4.71. The Morgan fingerprint density at radius 1 is 1.36 bits per heavy atom. The summed E-state index contributed by atoms with van der Waals surface area (Å²) in [6.07, 6.45) is 1.91. The van der Waals surface area contributed by atoms with Gasteiger partial charge in [-0.05, 0) is 64.8 Å². The van der Waals surface area contributed by atoms with Gasteiger partial charge in [-0.3, -0.25) is 0 Å². The van der Waals surface area contributed by atoms with Crippen LogP contribution in [0.15, 0.2) is 35.4 Å². The van der Waals surface area contributed by atoms with Gasteiger partial charge in [-0.2, -0.15) is 0 Å². The Hall–Kier alpha value is -1.33. The number of rotatable bonds is 5. The van der Waals surface area contributed by atoms with Crippen molar-refractivity contribution in [1.82, 2.24) is 9.47 Å². The van der Waals surface area contributed by atoms with Crippen LogP contribution in [0.25, 0.3) is 10.9 Å². The van der Waals surface area contributed by atoms with E-state index in [1.807, 2.05) is 0 Å². The molecule has 1 aromatic carbocycles. The molecule has 3 rings (SSSR count). The first-order valence-corrected chi connectivity index (χ1v) is 8.12. The Morgan fingerprint density at radius 2 is 2.14 bits per heavy atom. The topological polar surface area (TPSA) is 42.3 Å². The molecule has 120 valence electrons. The maximum Gasteiger partial charge on any atom is 0.181 e. The summed E-state index contributed by atoms with van der Waals surface area (Å²) in [5, 5.41) is -0.450. The van der Waals surface area contributed by atoms with E-state index in [9.17, 15) is 8.42 Å². The van der Waals surface area contributed by atoms with E-state index in [2.05, 4.69) is 0 Å². The van der Waals surface area contributed by atoms with E-state index in [1.165, 1.54) is 12.1 Å². The summed E-state index contributed by atoms with van der Waals surface area (Å²) < 4.78 is 138. The summed E-state index contributed by atoms with van der Waals surface area (Å²) in [5.74, 6) is 0. The Morgan fingerprint density at radius 3 is 2.77 bits per heavy atom. The molecule has 1 heterocycles. The average Bonchev–Trinajstić information content (AvgIpc) is 3.41. The number of nitrogens with zero attached hydrogens (tertiary/aromatic N) is 2. The summed E-state index contributed by atoms with van der Waals surface area (Å²) >= 11 is 0. The standard InChI is InChI=1S/C17H24N2O2S/c1-17(2,18(3)4)12-19-10-9-13-11-15(7-8-16(13)19)22(20,21)14-5-6-14/h7-11,14H,5-6,12H2,1-4H3/i1D3,2D3,3D3,4D3,12D2. The average molecular weight is 335 g/mol. The number of hydrogen-bond acceptors (Lipinski definition) is 3. The molecule has 0 unspecified atom stereocenters. The zero-order chi connectivity index (χ0) is 27.9. The molecule has 5 heteroatoms. The van der Waals surface area contributed by atoms with E-state index in [4.69, 9.17) is 19.2 Å². The lowest BCUT2D eigenvalue weighted by molar-refractivity contribution is 0.171. The van der Waals surface area contributed by atoms with Crippen LogP contribution in [0.2, 0.25) is 0 Å². The summed E-state index contributed by atoms with van der Waals surface area (Å²) in [6.45, 7) is -19.5. The summed E-state index contributed by atoms with van der Waals surface area (Å²) in [4.78, 5) is -0.801. The molecule has 0 bridgehead atoms. The van der Waals surface area contributed by atoms with Gasteiger partial charge in [-0.25, -0.2) is 8.42 Å². The van der Waals surface area contributed by atoms with Gasteiger partial charge in [0.15, 0.2) is 9.84 Å². The number of aromatic nitrogens is 1. The normalized spacial score (nSPS) is 29.0. The molecule has 0 radical (unpaired) electrons. The fraction of sp³-hybridized carbons (Fsp3) is 0.529. The number of fused-ring (bicyclic) bond motifs is 1. The van der Waals surface area contributed by atoms with Gasteiger partial charge in [0.25, 0.3) is 0 Å². The van der Waals surface area contributed by atoms with Gasteiger partial charge in [0.2, 0.25) is 0 Å². The maximum absolute atomic E-state index is 12.6. The molecule has 0 amide bonds. The Bertz CT molecular complexity index is 1220. The van der Waals surface area contributed by atoms with Crippen LogP contribution in [0, 0.1) is 0 Å². The van der Waals surface area contributed by atoms with Gasteiger partial charge in [0, 0.05) is 45.6 Å². The van der Waals surface area contributed by atoms with Crippen molar-refractivity contribution in [2.45, 2.75) is 48.7 Å². The predicted molar refractivity (Wildman–Crippen MR) is 89.9 cm³/mol. The second-order valence-electron chi connectivity index (χ2n) is 5.31. The smallest absolute Gasteiger partial charge is 0.181 e. The molecule has 0 aliphatic heterocycles. The molecule has 1 saturated carbocycles. The fourth-order valence-corrected chi connectivity index (χ4v) is 3.88. The highest BCUT2D eigenvalue weighted by molar-refractivity contribution is 7.92. The Kier molecular flexibility index (Phi) is 1.38. The molecule has 0 saturated heterocycles. The lowest BCUT2D eigenvalue weighted by Gasteiger charge is -2.33. The number of sulfone groups is 1. The molecule has 1 aromatic heterocycles. The highest BCUT2D eigenvalue weighted by Crippen LogP contribution is 2.34. The van der Waals surface area contributed by atoms with E-state index in [0.29, 0.717) is 17.4 Å². The lowest BCUT2D eigenvalue weighted by Crippen LogP contribution is -2.41. The van der Waals surface area contributed by atoms with Crippen molar-refractivity contribution in [2.75, 3.05) is 14.0 Å². The minimum absolute atomic E-state index is 0.0691. The third-order valence-corrected chi connectivity index (χ3v) is 5.83. The van der Waals surface area contributed by atoms with Crippen LogP contribution >= 0.6 is 0 Å². The molecule has 22 heavy (non-hydrogen) atoms. The minimum atomic E-state index is -4.10. The van der Waals surface area contributed by atoms with Crippen LogP contribution < -0.4 is 0 Å². The lowest BCUT2D eigenvalue weighted by atomic mass is 10.0. The van der Waals surface area contributed by atoms with Crippen molar-refractivity contribution in [2.24, 2.45) is 0 Å². The van der Waals surface area contributed by atoms with Gasteiger partial charge in [0.05, 0.1) is 12.9 Å². The van der Waals surface area contributed by atoms with Crippen molar-refractivity contribution < 1.29 is 27.6 Å². The highest BCUT2D eigenvalue weighted by Gasteiger charge is 2.36. The summed E-state index contributed by atoms with van der Waals surface area (Å²) in [5.41, 5.74) is -4.27. The first kappa shape index (κ1) is 5.95. The van der Waals surface area contributed by atoms with E-state index in [-0.39, 0.29) is 15.8 Å². The first-order chi connectivity index (χ1) is 15.9. The van der Waals surface area contributed by atoms with Gasteiger partial charge in [0.1, 0.15) is 0 Å². The maximum atomic E-state index is 12.6. The fourth-order valence-electron chi connectivity index (χ4n) is 2.19. The molecule has 0 spiro atoms. The molecule has 4 nitrogen and oxygen atoms in total. The predicted octanol–water partition coefficient (Wildman–Crippen LogP) is 2.92. The molecule has 1 fully saturated rings. The third-order valence-electron chi connectivity index (χ3n) is 3.57. The molecular weight excluding hydrogens is 296 g/mol. The largest absolute Gasteiger partial charge is 0.346 e. The monoisotopic (exact) mass is 334 g/mol. The number of likely N-dealkylation sites (N-methyl/N-ethyl adjacent to an activating group) is 1. The van der Waals surface area contributed by atoms with Gasteiger partial charge in [-0.1, -0.05) is 0 Å². The Labute approximate surface area is 152 Å². The third kappa shape index (κ3) is 2.68. The summed E-state index contributed by atoms with van der Waals surface area (Å²) in [7, 11) is -3.65. The molecule has 2 aromatic rings. The minimum Gasteiger partial charge on any atom is -0.346 e. The number of hydrogen-bond donors (Lipinski definition) is 0. The molecule has 1 aliphatic rings. The van der Waals surface area contributed by atoms with E-state index < -0.39 is 59.7 Å². The van der Waals surface area contributed by atoms with E-state index in [0.717, 1.165) is 18.3 Å². The van der Waals surface area contributed by atoms with Crippen molar-refractivity contribution >= 4 is 20.7 Å². The second kappa shape index (κ2) is 5.10. The zero-order valence-electron chi connectivity index (χ0n) is 25.5. The van der Waals surface area contributed by atoms with Crippen molar-refractivity contribution in [3.05, 3.63) is 30.5 Å². The van der Waals surface area contributed by atoms with Crippen LogP contribution in [-0.2, 0) is 16.3 Å². The van der Waals surface area contributed by atoms with Crippen molar-refractivity contribution in [3.8, 4) is 0 Å². The van der Waals surface area contributed by atoms with Gasteiger partial charge in [-0.15, -0.1) is 0 Å². The van der Waals surface area contributed by atoms with Crippen LogP contribution in [0.1, 0.15) is 45.7 Å². The van der Waals surface area contributed by atoms with Gasteiger partial charge >= 0.3 is 0 Å². The van der Waals surface area contributed by atoms with E-state index in [1.54, 1.807) is 0 Å². The van der Waals surface area contributed by atoms with Crippen molar-refractivity contribution in [3.63, 3.8) is 0 Å². The highest BCUT2D eigenvalue weighted by atomic mass is 32.2. The molecule has 0 atom stereocenters. The zero-order valence-corrected chi connectivity index (χ0v) is 12.3. The molecule has 0 N–H and O–H groups in total.